The molecule has 1 aliphatic carbocycles. The lowest BCUT2D eigenvalue weighted by molar-refractivity contribution is 0.524. The summed E-state index contributed by atoms with van der Waals surface area (Å²) in [4.78, 5) is 15.9. The number of nitrogens with zero attached hydrogens (tertiary/aromatic N) is 3. The molecule has 2 heterocycles. The molecule has 102 valence electrons. The van der Waals surface area contributed by atoms with Crippen LogP contribution in [0.25, 0.3) is 5.65 Å². The lowest BCUT2D eigenvalue weighted by Crippen LogP contribution is -2.18. The first-order chi connectivity index (χ1) is 9.13. The van der Waals surface area contributed by atoms with E-state index in [1.807, 2.05) is 0 Å². The SMILES string of the molecule is Cc1nc(NCC2(CCCl)CC2)cc2n[nH]c(=O)n12. The van der Waals surface area contributed by atoms with Crippen molar-refractivity contribution in [2.75, 3.05) is 17.7 Å². The van der Waals surface area contributed by atoms with Crippen molar-refractivity contribution < 1.29 is 0 Å². The van der Waals surface area contributed by atoms with Gasteiger partial charge in [0.1, 0.15) is 11.6 Å². The maximum absolute atomic E-state index is 11.5. The van der Waals surface area contributed by atoms with E-state index in [9.17, 15) is 4.79 Å². The molecule has 0 saturated heterocycles. The van der Waals surface area contributed by atoms with Gasteiger partial charge in [-0.1, -0.05) is 0 Å². The van der Waals surface area contributed by atoms with Gasteiger partial charge in [-0.15, -0.1) is 11.6 Å². The van der Waals surface area contributed by atoms with Crippen LogP contribution in [0.4, 0.5) is 5.82 Å². The quantitative estimate of drug-likeness (QED) is 0.816. The van der Waals surface area contributed by atoms with Gasteiger partial charge in [-0.25, -0.2) is 19.3 Å². The van der Waals surface area contributed by atoms with E-state index < -0.39 is 0 Å². The van der Waals surface area contributed by atoms with Crippen molar-refractivity contribution in [3.63, 3.8) is 0 Å². The highest BCUT2D eigenvalue weighted by molar-refractivity contribution is 6.17. The molecule has 19 heavy (non-hydrogen) atoms. The van der Waals surface area contributed by atoms with Gasteiger partial charge in [0.2, 0.25) is 0 Å². The Morgan fingerprint density at radius 3 is 3.05 bits per heavy atom. The molecule has 3 rings (SSSR count). The van der Waals surface area contributed by atoms with Gasteiger partial charge in [-0.05, 0) is 31.6 Å². The minimum absolute atomic E-state index is 0.257. The second kappa shape index (κ2) is 4.52. The van der Waals surface area contributed by atoms with Crippen molar-refractivity contribution in [2.24, 2.45) is 5.41 Å². The molecule has 0 atom stereocenters. The molecule has 1 saturated carbocycles. The average Bonchev–Trinajstić information content (AvgIpc) is 3.04. The van der Waals surface area contributed by atoms with Gasteiger partial charge in [-0.3, -0.25) is 0 Å². The largest absolute Gasteiger partial charge is 0.369 e. The van der Waals surface area contributed by atoms with E-state index >= 15 is 0 Å². The molecular weight excluding hydrogens is 266 g/mol. The highest BCUT2D eigenvalue weighted by atomic mass is 35.5. The van der Waals surface area contributed by atoms with Gasteiger partial charge in [-0.2, -0.15) is 5.10 Å². The van der Waals surface area contributed by atoms with Gasteiger partial charge < -0.3 is 5.32 Å². The van der Waals surface area contributed by atoms with E-state index in [0.29, 0.717) is 22.8 Å². The van der Waals surface area contributed by atoms with Crippen LogP contribution in [-0.2, 0) is 0 Å². The standard InChI is InChI=1S/C12H16ClN5O/c1-8-15-9(6-10-16-17-11(19)18(8)10)14-7-12(2-3-12)4-5-13/h6,14H,2-5,7H2,1H3,(H,17,19). The smallest absolute Gasteiger partial charge is 0.349 e. The van der Waals surface area contributed by atoms with Gasteiger partial charge in [0.15, 0.2) is 5.65 Å². The Kier molecular flexibility index (Phi) is 2.97. The number of aromatic amines is 1. The molecule has 7 heteroatoms. The maximum atomic E-state index is 11.5. The number of H-pyrrole nitrogens is 1. The van der Waals surface area contributed by atoms with Crippen LogP contribution in [0.5, 0.6) is 0 Å². The summed E-state index contributed by atoms with van der Waals surface area (Å²) in [5, 5.41) is 9.72. The molecule has 2 aromatic rings. The summed E-state index contributed by atoms with van der Waals surface area (Å²) in [7, 11) is 0. The zero-order valence-electron chi connectivity index (χ0n) is 10.7. The van der Waals surface area contributed by atoms with Crippen LogP contribution in [0, 0.1) is 12.3 Å². The number of rotatable bonds is 5. The van der Waals surface area contributed by atoms with Crippen LogP contribution in [0.3, 0.4) is 0 Å². The molecule has 0 aliphatic heterocycles. The Morgan fingerprint density at radius 1 is 1.58 bits per heavy atom. The van der Waals surface area contributed by atoms with Gasteiger partial charge >= 0.3 is 5.69 Å². The van der Waals surface area contributed by atoms with Crippen LogP contribution < -0.4 is 11.0 Å². The maximum Gasteiger partial charge on any atom is 0.349 e. The Labute approximate surface area is 115 Å². The number of hydrogen-bond donors (Lipinski definition) is 2. The van der Waals surface area contributed by atoms with Crippen LogP contribution in [0.2, 0.25) is 0 Å². The zero-order valence-corrected chi connectivity index (χ0v) is 11.5. The Morgan fingerprint density at radius 2 is 2.37 bits per heavy atom. The predicted octanol–water partition coefficient (Wildman–Crippen LogP) is 1.55. The van der Waals surface area contributed by atoms with Crippen molar-refractivity contribution in [1.29, 1.82) is 0 Å². The number of anilines is 1. The molecule has 2 aromatic heterocycles. The van der Waals surface area contributed by atoms with Crippen LogP contribution in [-0.4, -0.2) is 32.0 Å². The first kappa shape index (κ1) is 12.5. The monoisotopic (exact) mass is 281 g/mol. The van der Waals surface area contributed by atoms with Crippen LogP contribution in [0.1, 0.15) is 25.1 Å². The second-order valence-corrected chi connectivity index (χ2v) is 5.58. The summed E-state index contributed by atoms with van der Waals surface area (Å²) in [5.74, 6) is 2.08. The molecule has 0 amide bonds. The normalized spacial score (nSPS) is 16.7. The van der Waals surface area contributed by atoms with Crippen LogP contribution >= 0.6 is 11.6 Å². The second-order valence-electron chi connectivity index (χ2n) is 5.20. The molecule has 0 spiro atoms. The summed E-state index contributed by atoms with van der Waals surface area (Å²) in [6.45, 7) is 2.66. The average molecular weight is 282 g/mol. The predicted molar refractivity (Wildman–Crippen MR) is 73.8 cm³/mol. The van der Waals surface area contributed by atoms with Crippen molar-refractivity contribution in [3.8, 4) is 0 Å². The molecular formula is C12H16ClN5O. The number of halogens is 1. The number of alkyl halides is 1. The van der Waals surface area contributed by atoms with Gasteiger partial charge in [0.05, 0.1) is 0 Å². The molecule has 0 aromatic carbocycles. The fraction of sp³-hybridized carbons (Fsp3) is 0.583. The molecule has 2 N–H and O–H groups in total. The van der Waals surface area contributed by atoms with E-state index in [0.717, 1.165) is 18.8 Å². The molecule has 6 nitrogen and oxygen atoms in total. The van der Waals surface area contributed by atoms with Gasteiger partial charge in [0, 0.05) is 18.5 Å². The topological polar surface area (TPSA) is 75.1 Å². The van der Waals surface area contributed by atoms with Gasteiger partial charge in [0.25, 0.3) is 0 Å². The lowest BCUT2D eigenvalue weighted by atomic mass is 10.0. The minimum Gasteiger partial charge on any atom is -0.369 e. The number of fused-ring (bicyclic) bond motifs is 1. The molecule has 0 unspecified atom stereocenters. The number of hydrogen-bond acceptors (Lipinski definition) is 4. The Bertz CT molecular complexity index is 658. The summed E-state index contributed by atoms with van der Waals surface area (Å²) in [6, 6.07) is 1.78. The summed E-state index contributed by atoms with van der Waals surface area (Å²) >= 11 is 5.82. The fourth-order valence-electron chi connectivity index (χ4n) is 2.36. The number of aromatic nitrogens is 4. The molecule has 1 aliphatic rings. The molecule has 0 radical (unpaired) electrons. The van der Waals surface area contributed by atoms with E-state index in [4.69, 9.17) is 11.6 Å². The van der Waals surface area contributed by atoms with Crippen molar-refractivity contribution in [3.05, 3.63) is 22.4 Å². The lowest BCUT2D eigenvalue weighted by Gasteiger charge is -2.15. The third-order valence-corrected chi connectivity index (χ3v) is 3.99. The third kappa shape index (κ3) is 2.32. The van der Waals surface area contributed by atoms with E-state index in [-0.39, 0.29) is 5.69 Å². The Balaban J connectivity index is 1.80. The van der Waals surface area contributed by atoms with E-state index in [2.05, 4.69) is 20.5 Å². The van der Waals surface area contributed by atoms with E-state index in [1.165, 1.54) is 17.2 Å². The Hall–Kier alpha value is -1.56. The highest BCUT2D eigenvalue weighted by Gasteiger charge is 2.41. The number of nitrogens with one attached hydrogen (secondary N) is 2. The zero-order chi connectivity index (χ0) is 13.5. The third-order valence-electron chi connectivity index (χ3n) is 3.80. The first-order valence-corrected chi connectivity index (χ1v) is 6.92. The summed E-state index contributed by atoms with van der Waals surface area (Å²) < 4.78 is 1.46. The molecule has 0 bridgehead atoms. The first-order valence-electron chi connectivity index (χ1n) is 6.38. The van der Waals surface area contributed by atoms with Crippen molar-refractivity contribution in [2.45, 2.75) is 26.2 Å². The number of aryl methyl sites for hydroxylation is 1. The summed E-state index contributed by atoms with van der Waals surface area (Å²) in [5.41, 5.74) is 0.670. The highest BCUT2D eigenvalue weighted by Crippen LogP contribution is 2.48. The molecule has 1 fully saturated rings. The summed E-state index contributed by atoms with van der Waals surface area (Å²) in [6.07, 6.45) is 3.47. The minimum atomic E-state index is -0.257. The fourth-order valence-corrected chi connectivity index (χ4v) is 2.76. The van der Waals surface area contributed by atoms with Crippen LogP contribution in [0.15, 0.2) is 10.9 Å². The van der Waals surface area contributed by atoms with Crippen molar-refractivity contribution >= 4 is 23.1 Å². The van der Waals surface area contributed by atoms with Crippen molar-refractivity contribution in [1.82, 2.24) is 19.6 Å². The van der Waals surface area contributed by atoms with E-state index in [1.54, 1.807) is 13.0 Å².